The van der Waals surface area contributed by atoms with Crippen molar-refractivity contribution in [2.45, 2.75) is 38.1 Å². The molecule has 0 bridgehead atoms. The second-order valence-corrected chi connectivity index (χ2v) is 3.04. The van der Waals surface area contributed by atoms with Crippen LogP contribution in [0.5, 0.6) is 0 Å². The Hall–Kier alpha value is -0.550. The van der Waals surface area contributed by atoms with E-state index in [9.17, 15) is 0 Å². The van der Waals surface area contributed by atoms with E-state index >= 15 is 0 Å². The number of nitrogens with zero attached hydrogens (tertiary/aromatic N) is 1. The lowest BCUT2D eigenvalue weighted by Crippen LogP contribution is -2.27. The molecule has 0 saturated heterocycles. The normalized spacial score (nSPS) is 34.4. The van der Waals surface area contributed by atoms with Gasteiger partial charge in [-0.05, 0) is 12.8 Å². The summed E-state index contributed by atoms with van der Waals surface area (Å²) < 4.78 is 0. The first-order chi connectivity index (χ1) is 4.84. The van der Waals surface area contributed by atoms with Crippen molar-refractivity contribution in [3.63, 3.8) is 0 Å². The average molecular weight is 138 g/mol. The van der Waals surface area contributed by atoms with Gasteiger partial charge in [0.1, 0.15) is 0 Å². The summed E-state index contributed by atoms with van der Waals surface area (Å²) >= 11 is 0. The molecule has 2 atom stereocenters. The van der Waals surface area contributed by atoms with E-state index in [0.29, 0.717) is 0 Å². The van der Waals surface area contributed by atoms with Crippen LogP contribution in [0.15, 0.2) is 0 Å². The first kappa shape index (κ1) is 7.56. The molecule has 1 rings (SSSR count). The summed E-state index contributed by atoms with van der Waals surface area (Å²) in [5, 5.41) is 8.66. The number of nitrogens with two attached hydrogens (primary N) is 1. The summed E-state index contributed by atoms with van der Waals surface area (Å²) in [6, 6.07) is 2.41. The predicted octanol–water partition coefficient (Wildman–Crippen LogP) is 1.42. The molecule has 10 heavy (non-hydrogen) atoms. The van der Waals surface area contributed by atoms with Crippen molar-refractivity contribution in [3.8, 4) is 6.07 Å². The van der Waals surface area contributed by atoms with Gasteiger partial charge >= 0.3 is 0 Å². The van der Waals surface area contributed by atoms with Crippen LogP contribution in [0.2, 0.25) is 0 Å². The Morgan fingerprint density at radius 1 is 1.20 bits per heavy atom. The largest absolute Gasteiger partial charge is 0.327 e. The Balaban J connectivity index is 2.45. The fraction of sp³-hybridized carbons (Fsp3) is 0.875. The van der Waals surface area contributed by atoms with Crippen LogP contribution in [0, 0.1) is 17.2 Å². The molecule has 56 valence electrons. The van der Waals surface area contributed by atoms with Crippen molar-refractivity contribution >= 4 is 0 Å². The van der Waals surface area contributed by atoms with Crippen LogP contribution in [0.1, 0.15) is 32.1 Å². The molecule has 0 aromatic carbocycles. The lowest BCUT2D eigenvalue weighted by atomic mass is 9.98. The quantitative estimate of drug-likeness (QED) is 0.514. The van der Waals surface area contributed by atoms with Crippen LogP contribution >= 0.6 is 0 Å². The lowest BCUT2D eigenvalue weighted by molar-refractivity contribution is 0.485. The molecular formula is C8H14N2. The zero-order valence-corrected chi connectivity index (χ0v) is 6.21. The van der Waals surface area contributed by atoms with Crippen LogP contribution in [0.4, 0.5) is 0 Å². The maximum atomic E-state index is 8.66. The van der Waals surface area contributed by atoms with Gasteiger partial charge in [-0.3, -0.25) is 0 Å². The summed E-state index contributed by atoms with van der Waals surface area (Å²) in [5.74, 6) is 0.127. The van der Waals surface area contributed by atoms with Crippen LogP contribution < -0.4 is 5.73 Å². The molecule has 0 aromatic rings. The minimum atomic E-state index is 0.127. The highest BCUT2D eigenvalue weighted by Gasteiger charge is 2.18. The smallest absolute Gasteiger partial charge is 0.0672 e. The molecule has 0 heterocycles. The number of hydrogen-bond donors (Lipinski definition) is 1. The van der Waals surface area contributed by atoms with E-state index in [4.69, 9.17) is 11.0 Å². The summed E-state index contributed by atoms with van der Waals surface area (Å²) in [5.41, 5.74) is 5.77. The molecule has 1 aliphatic carbocycles. The van der Waals surface area contributed by atoms with Gasteiger partial charge in [-0.1, -0.05) is 19.3 Å². The van der Waals surface area contributed by atoms with E-state index in [1.54, 1.807) is 0 Å². The molecule has 2 heteroatoms. The SMILES string of the molecule is N#CC1CCCCCC1N. The molecule has 0 amide bonds. The fourth-order valence-electron chi connectivity index (χ4n) is 1.50. The lowest BCUT2D eigenvalue weighted by Gasteiger charge is -2.11. The third kappa shape index (κ3) is 1.71. The maximum absolute atomic E-state index is 8.66. The molecule has 1 fully saturated rings. The zero-order chi connectivity index (χ0) is 7.40. The molecule has 0 aliphatic heterocycles. The summed E-state index contributed by atoms with van der Waals surface area (Å²) in [4.78, 5) is 0. The summed E-state index contributed by atoms with van der Waals surface area (Å²) in [6.45, 7) is 0. The Bertz CT molecular complexity index is 137. The Morgan fingerprint density at radius 3 is 2.60 bits per heavy atom. The fourth-order valence-corrected chi connectivity index (χ4v) is 1.50. The standard InChI is InChI=1S/C8H14N2/c9-6-7-4-2-1-3-5-8(7)10/h7-8H,1-5,10H2. The van der Waals surface area contributed by atoms with Crippen LogP contribution in [-0.2, 0) is 0 Å². The number of hydrogen-bond acceptors (Lipinski definition) is 2. The van der Waals surface area contributed by atoms with E-state index in [1.807, 2.05) is 0 Å². The van der Waals surface area contributed by atoms with Gasteiger partial charge < -0.3 is 5.73 Å². The second kappa shape index (κ2) is 3.58. The Labute approximate surface area is 62.0 Å². The van der Waals surface area contributed by atoms with Gasteiger partial charge in [-0.25, -0.2) is 0 Å². The van der Waals surface area contributed by atoms with E-state index in [1.165, 1.54) is 19.3 Å². The van der Waals surface area contributed by atoms with Crippen molar-refractivity contribution in [1.29, 1.82) is 5.26 Å². The van der Waals surface area contributed by atoms with E-state index in [-0.39, 0.29) is 12.0 Å². The van der Waals surface area contributed by atoms with Gasteiger partial charge in [-0.2, -0.15) is 5.26 Å². The van der Waals surface area contributed by atoms with Gasteiger partial charge in [0.15, 0.2) is 0 Å². The highest BCUT2D eigenvalue weighted by molar-refractivity contribution is 4.91. The van der Waals surface area contributed by atoms with E-state index < -0.39 is 0 Å². The second-order valence-electron chi connectivity index (χ2n) is 3.04. The molecule has 2 nitrogen and oxygen atoms in total. The predicted molar refractivity (Wildman–Crippen MR) is 40.2 cm³/mol. The minimum absolute atomic E-state index is 0.127. The molecule has 2 N–H and O–H groups in total. The Morgan fingerprint density at radius 2 is 1.90 bits per heavy atom. The molecule has 2 unspecified atom stereocenters. The maximum Gasteiger partial charge on any atom is 0.0672 e. The molecule has 1 saturated carbocycles. The first-order valence-corrected chi connectivity index (χ1v) is 4.00. The van der Waals surface area contributed by atoms with Gasteiger partial charge in [0, 0.05) is 6.04 Å². The monoisotopic (exact) mass is 138 g/mol. The van der Waals surface area contributed by atoms with Gasteiger partial charge in [0.05, 0.1) is 12.0 Å². The first-order valence-electron chi connectivity index (χ1n) is 4.00. The minimum Gasteiger partial charge on any atom is -0.327 e. The third-order valence-electron chi connectivity index (χ3n) is 2.24. The average Bonchev–Trinajstić information content (AvgIpc) is 2.13. The molecule has 0 aromatic heterocycles. The molecule has 0 radical (unpaired) electrons. The van der Waals surface area contributed by atoms with Crippen molar-refractivity contribution in [2.24, 2.45) is 11.7 Å². The third-order valence-corrected chi connectivity index (χ3v) is 2.24. The van der Waals surface area contributed by atoms with Crippen molar-refractivity contribution in [2.75, 3.05) is 0 Å². The Kier molecular flexibility index (Phi) is 2.70. The van der Waals surface area contributed by atoms with Gasteiger partial charge in [0.25, 0.3) is 0 Å². The summed E-state index contributed by atoms with van der Waals surface area (Å²) in [6.07, 6.45) is 5.70. The van der Waals surface area contributed by atoms with Crippen molar-refractivity contribution < 1.29 is 0 Å². The molecular weight excluding hydrogens is 124 g/mol. The number of nitriles is 1. The van der Waals surface area contributed by atoms with Gasteiger partial charge in [0.2, 0.25) is 0 Å². The van der Waals surface area contributed by atoms with Crippen LogP contribution in [0.3, 0.4) is 0 Å². The molecule has 0 spiro atoms. The van der Waals surface area contributed by atoms with Crippen LogP contribution in [0.25, 0.3) is 0 Å². The number of rotatable bonds is 0. The van der Waals surface area contributed by atoms with Crippen molar-refractivity contribution in [3.05, 3.63) is 0 Å². The highest BCUT2D eigenvalue weighted by atomic mass is 14.6. The molecule has 1 aliphatic rings. The van der Waals surface area contributed by atoms with E-state index in [0.717, 1.165) is 12.8 Å². The van der Waals surface area contributed by atoms with Gasteiger partial charge in [-0.15, -0.1) is 0 Å². The van der Waals surface area contributed by atoms with E-state index in [2.05, 4.69) is 6.07 Å². The topological polar surface area (TPSA) is 49.8 Å². The summed E-state index contributed by atoms with van der Waals surface area (Å²) in [7, 11) is 0. The van der Waals surface area contributed by atoms with Crippen LogP contribution in [-0.4, -0.2) is 6.04 Å². The zero-order valence-electron chi connectivity index (χ0n) is 6.21. The highest BCUT2D eigenvalue weighted by Crippen LogP contribution is 2.20. The van der Waals surface area contributed by atoms with Crippen molar-refractivity contribution in [1.82, 2.24) is 0 Å².